The molecule has 1 aromatic heterocycles. The average molecular weight is 254 g/mol. The van der Waals surface area contributed by atoms with Crippen molar-refractivity contribution in [3.8, 4) is 0 Å². The molecule has 8 nitrogen and oxygen atoms in total. The van der Waals surface area contributed by atoms with Gasteiger partial charge < -0.3 is 25.2 Å². The maximum Gasteiger partial charge on any atom is 0.351 e. The molecule has 1 aliphatic rings. The first-order valence-corrected chi connectivity index (χ1v) is 5.40. The van der Waals surface area contributed by atoms with Crippen LogP contribution >= 0.6 is 0 Å². The van der Waals surface area contributed by atoms with Crippen molar-refractivity contribution in [1.29, 1.82) is 0 Å². The first-order valence-electron chi connectivity index (χ1n) is 5.40. The summed E-state index contributed by atoms with van der Waals surface area (Å²) in [7, 11) is 0. The van der Waals surface area contributed by atoms with Crippen LogP contribution in [-0.4, -0.2) is 53.4 Å². The van der Waals surface area contributed by atoms with Crippen LogP contribution in [-0.2, 0) is 9.59 Å². The number of nitrogens with two attached hydrogens (primary N) is 1. The Morgan fingerprint density at radius 3 is 2.44 bits per heavy atom. The number of hydrogen-bond acceptors (Lipinski definition) is 6. The van der Waals surface area contributed by atoms with Crippen LogP contribution in [0.5, 0.6) is 0 Å². The average Bonchev–Trinajstić information content (AvgIpc) is 2.41. The van der Waals surface area contributed by atoms with Crippen LogP contribution < -0.4 is 15.3 Å². The van der Waals surface area contributed by atoms with E-state index < -0.39 is 11.9 Å². The van der Waals surface area contributed by atoms with Crippen molar-refractivity contribution in [3.05, 3.63) is 18.3 Å². The molecule has 98 valence electrons. The van der Waals surface area contributed by atoms with E-state index in [4.69, 9.17) is 19.8 Å². The zero-order chi connectivity index (χ0) is 13.4. The van der Waals surface area contributed by atoms with Crippen LogP contribution in [0.4, 0.5) is 5.82 Å². The lowest BCUT2D eigenvalue weighted by molar-refractivity contribution is -0.655. The zero-order valence-corrected chi connectivity index (χ0v) is 9.65. The molecular formula is C10H14N4O4. The van der Waals surface area contributed by atoms with Gasteiger partial charge in [0.2, 0.25) is 0 Å². The minimum absolute atomic E-state index is 1.01. The van der Waals surface area contributed by atoms with Gasteiger partial charge in [-0.2, -0.15) is 5.10 Å². The molecule has 0 aromatic carbocycles. The molecule has 0 amide bonds. The fourth-order valence-electron chi connectivity index (χ4n) is 1.44. The number of anilines is 1. The molecule has 1 aliphatic heterocycles. The Bertz CT molecular complexity index is 380. The number of rotatable bonds is 1. The van der Waals surface area contributed by atoms with E-state index in [1.54, 1.807) is 6.20 Å². The Kier molecular flexibility index (Phi) is 5.52. The van der Waals surface area contributed by atoms with Crippen LogP contribution in [0.1, 0.15) is 0 Å². The Morgan fingerprint density at radius 1 is 1.39 bits per heavy atom. The quantitative estimate of drug-likeness (QED) is 0.503. The molecule has 18 heavy (non-hydrogen) atoms. The molecule has 0 bridgehead atoms. The topological polar surface area (TPSA) is 123 Å². The van der Waals surface area contributed by atoms with Crippen LogP contribution in [0, 0.1) is 0 Å². The summed E-state index contributed by atoms with van der Waals surface area (Å²) in [5.74, 6) is -3.00. The van der Waals surface area contributed by atoms with Crippen molar-refractivity contribution in [2.24, 2.45) is 0 Å². The molecule has 3 N–H and O–H groups in total. The van der Waals surface area contributed by atoms with Crippen molar-refractivity contribution in [3.63, 3.8) is 0 Å². The van der Waals surface area contributed by atoms with E-state index in [0.717, 1.165) is 32.0 Å². The highest BCUT2D eigenvalue weighted by molar-refractivity contribution is 6.26. The Morgan fingerprint density at radius 2 is 2.00 bits per heavy atom. The van der Waals surface area contributed by atoms with Gasteiger partial charge in [-0.15, -0.1) is 5.10 Å². The number of aliphatic carboxylic acids is 2. The minimum atomic E-state index is -2.07. The molecule has 2 heterocycles. The molecule has 0 spiro atoms. The van der Waals surface area contributed by atoms with Gasteiger partial charge in [0.25, 0.3) is 0 Å². The molecular weight excluding hydrogens is 240 g/mol. The van der Waals surface area contributed by atoms with Crippen molar-refractivity contribution in [1.82, 2.24) is 10.2 Å². The first kappa shape index (κ1) is 13.8. The van der Waals surface area contributed by atoms with E-state index in [0.29, 0.717) is 0 Å². The van der Waals surface area contributed by atoms with E-state index in [1.807, 2.05) is 12.1 Å². The molecule has 8 heteroatoms. The van der Waals surface area contributed by atoms with Crippen LogP contribution in [0.2, 0.25) is 0 Å². The number of carboxylic acids is 2. The van der Waals surface area contributed by atoms with Crippen molar-refractivity contribution >= 4 is 17.8 Å². The number of piperazine rings is 1. The summed E-state index contributed by atoms with van der Waals surface area (Å²) in [6.07, 6.45) is 1.71. The molecule has 1 aromatic rings. The van der Waals surface area contributed by atoms with E-state index >= 15 is 0 Å². The Labute approximate surface area is 103 Å². The first-order chi connectivity index (χ1) is 8.61. The summed E-state index contributed by atoms with van der Waals surface area (Å²) in [6, 6.07) is 3.94. The Balaban J connectivity index is 0.000000232. The lowest BCUT2D eigenvalue weighted by Crippen LogP contribution is -2.89. The third-order valence-electron chi connectivity index (χ3n) is 2.26. The third kappa shape index (κ3) is 4.74. The SMILES string of the molecule is O=C([O-])C(=O)O.c1cnnc(N2CC[NH2+]CC2)c1. The third-order valence-corrected chi connectivity index (χ3v) is 2.26. The fraction of sp³-hybridized carbons (Fsp3) is 0.400. The Hall–Kier alpha value is -2.22. The summed E-state index contributed by atoms with van der Waals surface area (Å²) in [5.41, 5.74) is 0. The van der Waals surface area contributed by atoms with Gasteiger partial charge in [0.1, 0.15) is 0 Å². The van der Waals surface area contributed by atoms with Gasteiger partial charge in [0, 0.05) is 6.20 Å². The summed E-state index contributed by atoms with van der Waals surface area (Å²) in [5, 5.41) is 26.6. The van der Waals surface area contributed by atoms with Crippen LogP contribution in [0.3, 0.4) is 0 Å². The number of nitrogens with zero attached hydrogens (tertiary/aromatic N) is 3. The van der Waals surface area contributed by atoms with Gasteiger partial charge in [-0.3, -0.25) is 0 Å². The molecule has 2 rings (SSSR count). The summed E-state index contributed by atoms with van der Waals surface area (Å²) < 4.78 is 0. The second kappa shape index (κ2) is 7.17. The smallest absolute Gasteiger partial charge is 0.351 e. The summed E-state index contributed by atoms with van der Waals surface area (Å²) in [6.45, 7) is 4.49. The van der Waals surface area contributed by atoms with Crippen molar-refractivity contribution in [2.75, 3.05) is 31.1 Å². The van der Waals surface area contributed by atoms with Crippen molar-refractivity contribution < 1.29 is 25.1 Å². The van der Waals surface area contributed by atoms with Gasteiger partial charge in [0.15, 0.2) is 11.8 Å². The second-order valence-corrected chi connectivity index (χ2v) is 3.53. The maximum atomic E-state index is 9.04. The van der Waals surface area contributed by atoms with Crippen LogP contribution in [0.15, 0.2) is 18.3 Å². The zero-order valence-electron chi connectivity index (χ0n) is 9.65. The highest BCUT2D eigenvalue weighted by Gasteiger charge is 2.12. The van der Waals surface area contributed by atoms with E-state index in [1.165, 1.54) is 0 Å². The standard InChI is InChI=1S/C8H12N4.C2H2O4/c1-2-8(11-10-3-1)12-6-4-9-5-7-12;3-1(4)2(5)6/h1-3,9H,4-7H2;(H,3,4)(H,5,6). The van der Waals surface area contributed by atoms with Gasteiger partial charge >= 0.3 is 5.97 Å². The number of carboxylic acid groups (broad SMARTS) is 2. The minimum Gasteiger partial charge on any atom is -0.539 e. The highest BCUT2D eigenvalue weighted by atomic mass is 16.4. The monoisotopic (exact) mass is 254 g/mol. The van der Waals surface area contributed by atoms with Crippen LogP contribution in [0.25, 0.3) is 0 Å². The molecule has 0 unspecified atom stereocenters. The highest BCUT2D eigenvalue weighted by Crippen LogP contribution is 2.06. The lowest BCUT2D eigenvalue weighted by Gasteiger charge is -2.25. The van der Waals surface area contributed by atoms with Gasteiger partial charge in [-0.1, -0.05) is 0 Å². The molecule has 1 fully saturated rings. The molecule has 0 radical (unpaired) electrons. The predicted octanol–water partition coefficient (Wildman–Crippen LogP) is -3.32. The molecule has 1 saturated heterocycles. The summed E-state index contributed by atoms with van der Waals surface area (Å²) in [4.78, 5) is 20.3. The van der Waals surface area contributed by atoms with Gasteiger partial charge in [-0.05, 0) is 12.1 Å². The van der Waals surface area contributed by atoms with E-state index in [9.17, 15) is 0 Å². The number of aromatic nitrogens is 2. The maximum absolute atomic E-state index is 9.04. The number of quaternary nitrogens is 1. The van der Waals surface area contributed by atoms with Gasteiger partial charge in [0.05, 0.1) is 26.2 Å². The number of hydrogen-bond donors (Lipinski definition) is 2. The molecule has 0 saturated carbocycles. The van der Waals surface area contributed by atoms with E-state index in [-0.39, 0.29) is 0 Å². The largest absolute Gasteiger partial charge is 0.539 e. The molecule has 0 atom stereocenters. The number of carbonyl (C=O) groups excluding carboxylic acids is 1. The summed E-state index contributed by atoms with van der Waals surface area (Å²) >= 11 is 0. The molecule has 0 aliphatic carbocycles. The second-order valence-electron chi connectivity index (χ2n) is 3.53. The lowest BCUT2D eigenvalue weighted by atomic mass is 10.3. The normalized spacial score (nSPS) is 14.3. The fourth-order valence-corrected chi connectivity index (χ4v) is 1.44. The number of carbonyl (C=O) groups is 2. The predicted molar refractivity (Wildman–Crippen MR) is 58.5 cm³/mol. The van der Waals surface area contributed by atoms with Gasteiger partial charge in [-0.25, -0.2) is 4.79 Å². The van der Waals surface area contributed by atoms with E-state index in [2.05, 4.69) is 20.4 Å². The van der Waals surface area contributed by atoms with Crippen molar-refractivity contribution in [2.45, 2.75) is 0 Å².